The zero-order valence-corrected chi connectivity index (χ0v) is 10.4. The SMILES string of the molecule is CCC[C@@](C)(O)c1ccc(Cl)c(CC)c1. The van der Waals surface area contributed by atoms with Gasteiger partial charge in [-0.2, -0.15) is 0 Å². The highest BCUT2D eigenvalue weighted by Gasteiger charge is 2.22. The van der Waals surface area contributed by atoms with E-state index in [-0.39, 0.29) is 0 Å². The third-order valence-corrected chi connectivity index (χ3v) is 3.15. The lowest BCUT2D eigenvalue weighted by Gasteiger charge is -2.24. The largest absolute Gasteiger partial charge is 0.385 e. The maximum atomic E-state index is 10.3. The Bertz CT molecular complexity index is 331. The van der Waals surface area contributed by atoms with Crippen LogP contribution in [0.3, 0.4) is 0 Å². The molecule has 0 spiro atoms. The topological polar surface area (TPSA) is 20.2 Å². The van der Waals surface area contributed by atoms with Gasteiger partial charge in [0.25, 0.3) is 0 Å². The average Bonchev–Trinajstić information content (AvgIpc) is 2.18. The Morgan fingerprint density at radius 1 is 1.33 bits per heavy atom. The normalized spacial score (nSPS) is 15.0. The number of halogens is 1. The minimum atomic E-state index is -0.733. The highest BCUT2D eigenvalue weighted by atomic mass is 35.5. The lowest BCUT2D eigenvalue weighted by atomic mass is 9.90. The molecule has 0 bridgehead atoms. The summed E-state index contributed by atoms with van der Waals surface area (Å²) in [5.74, 6) is 0. The van der Waals surface area contributed by atoms with Gasteiger partial charge in [0.15, 0.2) is 0 Å². The van der Waals surface area contributed by atoms with E-state index in [0.717, 1.165) is 35.4 Å². The fourth-order valence-electron chi connectivity index (χ4n) is 1.81. The van der Waals surface area contributed by atoms with E-state index in [1.807, 2.05) is 25.1 Å². The van der Waals surface area contributed by atoms with Gasteiger partial charge in [-0.25, -0.2) is 0 Å². The van der Waals surface area contributed by atoms with Crippen molar-refractivity contribution in [2.24, 2.45) is 0 Å². The van der Waals surface area contributed by atoms with Crippen LogP contribution in [0, 0.1) is 0 Å². The summed E-state index contributed by atoms with van der Waals surface area (Å²) < 4.78 is 0. The number of rotatable bonds is 4. The summed E-state index contributed by atoms with van der Waals surface area (Å²) in [5, 5.41) is 11.0. The number of hydrogen-bond donors (Lipinski definition) is 1. The van der Waals surface area contributed by atoms with E-state index < -0.39 is 5.60 Å². The van der Waals surface area contributed by atoms with E-state index in [1.165, 1.54) is 0 Å². The van der Waals surface area contributed by atoms with Crippen molar-refractivity contribution in [3.63, 3.8) is 0 Å². The van der Waals surface area contributed by atoms with Crippen LogP contribution in [-0.2, 0) is 12.0 Å². The predicted molar refractivity (Wildman–Crippen MR) is 65.3 cm³/mol. The van der Waals surface area contributed by atoms with Crippen LogP contribution in [0.2, 0.25) is 5.02 Å². The Balaban J connectivity index is 3.04. The predicted octanol–water partition coefficient (Wildman–Crippen LogP) is 3.91. The summed E-state index contributed by atoms with van der Waals surface area (Å²) in [6.45, 7) is 6.00. The summed E-state index contributed by atoms with van der Waals surface area (Å²) in [5.41, 5.74) is 1.33. The van der Waals surface area contributed by atoms with Gasteiger partial charge in [0.05, 0.1) is 5.60 Å². The van der Waals surface area contributed by atoms with Gasteiger partial charge in [-0.15, -0.1) is 0 Å². The summed E-state index contributed by atoms with van der Waals surface area (Å²) in [6, 6.07) is 5.80. The summed E-state index contributed by atoms with van der Waals surface area (Å²) >= 11 is 6.04. The monoisotopic (exact) mass is 226 g/mol. The lowest BCUT2D eigenvalue weighted by molar-refractivity contribution is 0.0469. The smallest absolute Gasteiger partial charge is 0.0868 e. The molecular weight excluding hydrogens is 208 g/mol. The molecule has 0 amide bonds. The van der Waals surface area contributed by atoms with Gasteiger partial charge < -0.3 is 5.11 Å². The second kappa shape index (κ2) is 5.00. The van der Waals surface area contributed by atoms with Crippen LogP contribution in [0.1, 0.15) is 44.7 Å². The number of benzene rings is 1. The summed E-state index contributed by atoms with van der Waals surface area (Å²) in [7, 11) is 0. The van der Waals surface area contributed by atoms with Crippen molar-refractivity contribution in [1.82, 2.24) is 0 Å². The van der Waals surface area contributed by atoms with Crippen LogP contribution in [0.4, 0.5) is 0 Å². The number of aliphatic hydroxyl groups is 1. The Labute approximate surface area is 97.1 Å². The van der Waals surface area contributed by atoms with Gasteiger partial charge in [0, 0.05) is 5.02 Å². The molecule has 0 fully saturated rings. The van der Waals surface area contributed by atoms with Gasteiger partial charge in [-0.3, -0.25) is 0 Å². The molecule has 0 radical (unpaired) electrons. The van der Waals surface area contributed by atoms with Gasteiger partial charge in [0.2, 0.25) is 0 Å². The van der Waals surface area contributed by atoms with E-state index in [4.69, 9.17) is 11.6 Å². The van der Waals surface area contributed by atoms with Crippen molar-refractivity contribution in [2.45, 2.75) is 45.6 Å². The lowest BCUT2D eigenvalue weighted by Crippen LogP contribution is -2.20. The fraction of sp³-hybridized carbons (Fsp3) is 0.538. The van der Waals surface area contributed by atoms with E-state index >= 15 is 0 Å². The van der Waals surface area contributed by atoms with Crippen molar-refractivity contribution in [3.8, 4) is 0 Å². The molecule has 0 aliphatic carbocycles. The molecule has 0 aromatic heterocycles. The molecule has 1 rings (SSSR count). The van der Waals surface area contributed by atoms with Gasteiger partial charge >= 0.3 is 0 Å². The molecule has 0 aliphatic rings. The zero-order valence-electron chi connectivity index (χ0n) is 9.68. The quantitative estimate of drug-likeness (QED) is 0.826. The van der Waals surface area contributed by atoms with Gasteiger partial charge in [-0.05, 0) is 37.0 Å². The van der Waals surface area contributed by atoms with E-state index in [9.17, 15) is 5.11 Å². The van der Waals surface area contributed by atoms with Crippen molar-refractivity contribution in [1.29, 1.82) is 0 Å². The second-order valence-corrected chi connectivity index (χ2v) is 4.59. The number of hydrogen-bond acceptors (Lipinski definition) is 1. The average molecular weight is 227 g/mol. The Morgan fingerprint density at radius 3 is 2.53 bits per heavy atom. The Kier molecular flexibility index (Phi) is 4.18. The van der Waals surface area contributed by atoms with Crippen LogP contribution in [0.25, 0.3) is 0 Å². The van der Waals surface area contributed by atoms with Gasteiger partial charge in [-0.1, -0.05) is 44.0 Å². The van der Waals surface area contributed by atoms with Crippen molar-refractivity contribution in [2.75, 3.05) is 0 Å². The van der Waals surface area contributed by atoms with Crippen molar-refractivity contribution < 1.29 is 5.11 Å². The molecule has 1 aromatic rings. The van der Waals surface area contributed by atoms with Crippen LogP contribution < -0.4 is 0 Å². The molecule has 2 heteroatoms. The molecule has 84 valence electrons. The minimum absolute atomic E-state index is 0.733. The van der Waals surface area contributed by atoms with E-state index in [0.29, 0.717) is 0 Å². The van der Waals surface area contributed by atoms with Crippen LogP contribution in [0.15, 0.2) is 18.2 Å². The first kappa shape index (κ1) is 12.5. The third-order valence-electron chi connectivity index (χ3n) is 2.79. The molecule has 1 aromatic carbocycles. The minimum Gasteiger partial charge on any atom is -0.385 e. The van der Waals surface area contributed by atoms with Crippen molar-refractivity contribution in [3.05, 3.63) is 34.3 Å². The highest BCUT2D eigenvalue weighted by Crippen LogP contribution is 2.29. The van der Waals surface area contributed by atoms with Crippen molar-refractivity contribution >= 4 is 11.6 Å². The molecule has 15 heavy (non-hydrogen) atoms. The van der Waals surface area contributed by atoms with Crippen LogP contribution >= 0.6 is 11.6 Å². The Morgan fingerprint density at radius 2 is 2.00 bits per heavy atom. The molecular formula is C13H19ClO. The maximum Gasteiger partial charge on any atom is 0.0868 e. The molecule has 0 saturated carbocycles. The molecule has 0 saturated heterocycles. The first-order valence-corrected chi connectivity index (χ1v) is 5.90. The highest BCUT2D eigenvalue weighted by molar-refractivity contribution is 6.31. The zero-order chi connectivity index (χ0) is 11.5. The van der Waals surface area contributed by atoms with Crippen LogP contribution in [-0.4, -0.2) is 5.11 Å². The maximum absolute atomic E-state index is 10.3. The van der Waals surface area contributed by atoms with Crippen LogP contribution in [0.5, 0.6) is 0 Å². The summed E-state index contributed by atoms with van der Waals surface area (Å²) in [6.07, 6.45) is 2.64. The third kappa shape index (κ3) is 2.96. The second-order valence-electron chi connectivity index (χ2n) is 4.18. The summed E-state index contributed by atoms with van der Waals surface area (Å²) in [4.78, 5) is 0. The standard InChI is InChI=1S/C13H19ClO/c1-4-8-13(3,15)11-6-7-12(14)10(5-2)9-11/h6-7,9,15H,4-5,8H2,1-3H3/t13-/m1/s1. The molecule has 1 atom stereocenters. The Hall–Kier alpha value is -0.530. The first-order chi connectivity index (χ1) is 7.01. The van der Waals surface area contributed by atoms with E-state index in [1.54, 1.807) is 0 Å². The molecule has 1 nitrogen and oxygen atoms in total. The fourth-order valence-corrected chi connectivity index (χ4v) is 2.06. The first-order valence-electron chi connectivity index (χ1n) is 5.52. The number of aryl methyl sites for hydroxylation is 1. The van der Waals surface area contributed by atoms with Gasteiger partial charge in [0.1, 0.15) is 0 Å². The molecule has 0 aliphatic heterocycles. The van der Waals surface area contributed by atoms with E-state index in [2.05, 4.69) is 13.8 Å². The molecule has 1 N–H and O–H groups in total. The molecule has 0 unspecified atom stereocenters. The molecule has 0 heterocycles.